The number of rotatable bonds is 5. The van der Waals surface area contributed by atoms with Gasteiger partial charge in [-0.05, 0) is 29.2 Å². The lowest BCUT2D eigenvalue weighted by atomic mass is 10.0. The first-order valence-corrected chi connectivity index (χ1v) is 8.75. The van der Waals surface area contributed by atoms with Crippen LogP contribution in [0.5, 0.6) is 0 Å². The smallest absolute Gasteiger partial charge is 0.229 e. The molecule has 1 heterocycles. The van der Waals surface area contributed by atoms with Crippen LogP contribution in [0.2, 0.25) is 0 Å². The summed E-state index contributed by atoms with van der Waals surface area (Å²) in [7, 11) is 0. The number of benzene rings is 2. The van der Waals surface area contributed by atoms with Crippen LogP contribution in [0.15, 0.2) is 54.6 Å². The highest BCUT2D eigenvalue weighted by Crippen LogP contribution is 2.23. The van der Waals surface area contributed by atoms with Gasteiger partial charge < -0.3 is 10.2 Å². The number of nitrogens with zero attached hydrogens (tertiary/aromatic N) is 1. The largest absolute Gasteiger partial charge is 0.338 e. The van der Waals surface area contributed by atoms with E-state index in [0.717, 1.165) is 11.3 Å². The van der Waals surface area contributed by atoms with Gasteiger partial charge >= 0.3 is 0 Å². The Morgan fingerprint density at radius 2 is 1.80 bits per heavy atom. The van der Waals surface area contributed by atoms with Crippen molar-refractivity contribution in [2.45, 2.75) is 32.7 Å². The maximum absolute atomic E-state index is 12.4. The van der Waals surface area contributed by atoms with E-state index in [1.807, 2.05) is 30.3 Å². The molecule has 1 atom stereocenters. The van der Waals surface area contributed by atoms with E-state index >= 15 is 0 Å². The molecule has 130 valence electrons. The third-order valence-electron chi connectivity index (χ3n) is 4.65. The van der Waals surface area contributed by atoms with Gasteiger partial charge in [0.15, 0.2) is 0 Å². The lowest BCUT2D eigenvalue weighted by molar-refractivity contribution is -0.128. The molecule has 0 aliphatic carbocycles. The van der Waals surface area contributed by atoms with Gasteiger partial charge in [-0.1, -0.05) is 56.3 Å². The Morgan fingerprint density at radius 1 is 1.12 bits per heavy atom. The average molecular weight is 336 g/mol. The van der Waals surface area contributed by atoms with Crippen LogP contribution in [-0.4, -0.2) is 23.3 Å². The summed E-state index contributed by atoms with van der Waals surface area (Å²) >= 11 is 0. The molecule has 1 aliphatic rings. The minimum absolute atomic E-state index is 0.0427. The predicted molar refractivity (Wildman–Crippen MR) is 99.1 cm³/mol. The molecule has 0 spiro atoms. The predicted octanol–water partition coefficient (Wildman–Crippen LogP) is 3.80. The second-order valence-electron chi connectivity index (χ2n) is 6.93. The molecule has 2 aromatic rings. The minimum Gasteiger partial charge on any atom is -0.338 e. The highest BCUT2D eigenvalue weighted by atomic mass is 16.2. The fourth-order valence-electron chi connectivity index (χ4n) is 3.09. The molecule has 0 radical (unpaired) electrons. The molecule has 0 bridgehead atoms. The zero-order valence-electron chi connectivity index (χ0n) is 14.7. The third kappa shape index (κ3) is 4.27. The maximum atomic E-state index is 12.4. The zero-order chi connectivity index (χ0) is 17.8. The lowest BCUT2D eigenvalue weighted by Gasteiger charge is -2.17. The van der Waals surface area contributed by atoms with Crippen molar-refractivity contribution < 1.29 is 9.59 Å². The summed E-state index contributed by atoms with van der Waals surface area (Å²) in [6, 6.07) is 17.7. The van der Waals surface area contributed by atoms with Crippen LogP contribution in [0.1, 0.15) is 37.3 Å². The summed E-state index contributed by atoms with van der Waals surface area (Å²) in [4.78, 5) is 26.4. The minimum atomic E-state index is -0.289. The molecule has 1 aliphatic heterocycles. The van der Waals surface area contributed by atoms with Crippen molar-refractivity contribution in [2.75, 3.05) is 11.9 Å². The highest BCUT2D eigenvalue weighted by molar-refractivity contribution is 5.97. The Labute approximate surface area is 148 Å². The topological polar surface area (TPSA) is 49.4 Å². The van der Waals surface area contributed by atoms with Crippen LogP contribution in [0.3, 0.4) is 0 Å². The van der Waals surface area contributed by atoms with E-state index in [9.17, 15) is 9.59 Å². The van der Waals surface area contributed by atoms with Crippen LogP contribution in [0.4, 0.5) is 5.69 Å². The number of anilines is 1. The van der Waals surface area contributed by atoms with Crippen molar-refractivity contribution in [2.24, 2.45) is 5.92 Å². The molecular formula is C21H24N2O2. The number of para-hydroxylation sites is 1. The monoisotopic (exact) mass is 336 g/mol. The second-order valence-corrected chi connectivity index (χ2v) is 6.93. The Morgan fingerprint density at radius 3 is 2.44 bits per heavy atom. The van der Waals surface area contributed by atoms with Gasteiger partial charge in [0, 0.05) is 25.2 Å². The van der Waals surface area contributed by atoms with Crippen molar-refractivity contribution in [1.29, 1.82) is 0 Å². The quantitative estimate of drug-likeness (QED) is 0.903. The third-order valence-corrected chi connectivity index (χ3v) is 4.65. The number of amides is 2. The van der Waals surface area contributed by atoms with Crippen LogP contribution < -0.4 is 5.32 Å². The zero-order valence-corrected chi connectivity index (χ0v) is 14.7. The van der Waals surface area contributed by atoms with E-state index in [0.29, 0.717) is 19.0 Å². The number of likely N-dealkylation sites (tertiary alicyclic amines) is 1. The molecule has 25 heavy (non-hydrogen) atoms. The van der Waals surface area contributed by atoms with Gasteiger partial charge in [-0.3, -0.25) is 9.59 Å². The van der Waals surface area contributed by atoms with Gasteiger partial charge in [0.05, 0.1) is 5.92 Å². The number of hydrogen-bond acceptors (Lipinski definition) is 2. The molecule has 4 heteroatoms. The van der Waals surface area contributed by atoms with E-state index in [1.165, 1.54) is 5.56 Å². The number of carbonyl (C=O) groups excluding carboxylic acids is 2. The first kappa shape index (κ1) is 17.2. The van der Waals surface area contributed by atoms with Crippen molar-refractivity contribution in [1.82, 2.24) is 4.90 Å². The van der Waals surface area contributed by atoms with E-state index in [-0.39, 0.29) is 24.2 Å². The number of nitrogens with one attached hydrogen (secondary N) is 1. The van der Waals surface area contributed by atoms with Crippen LogP contribution in [-0.2, 0) is 16.1 Å². The average Bonchev–Trinajstić information content (AvgIpc) is 2.97. The molecule has 4 nitrogen and oxygen atoms in total. The van der Waals surface area contributed by atoms with Gasteiger partial charge in [-0.25, -0.2) is 0 Å². The Bertz CT molecular complexity index is 738. The fourth-order valence-corrected chi connectivity index (χ4v) is 3.09. The first-order valence-electron chi connectivity index (χ1n) is 8.75. The summed E-state index contributed by atoms with van der Waals surface area (Å²) in [5, 5.41) is 2.89. The van der Waals surface area contributed by atoms with Gasteiger partial charge in [-0.2, -0.15) is 0 Å². The normalized spacial score (nSPS) is 17.2. The lowest BCUT2D eigenvalue weighted by Crippen LogP contribution is -2.28. The van der Waals surface area contributed by atoms with Crippen LogP contribution >= 0.6 is 0 Å². The molecule has 1 N–H and O–H groups in total. The Balaban J connectivity index is 1.59. The maximum Gasteiger partial charge on any atom is 0.229 e. The molecule has 2 aromatic carbocycles. The standard InChI is InChI=1S/C21H24N2O2/c1-15(2)17-10-8-16(9-11-17)13-23-14-18(12-20(23)24)21(25)22-19-6-4-3-5-7-19/h3-11,15,18H,12-14H2,1-2H3,(H,22,25)/t18-/m0/s1. The molecule has 1 saturated heterocycles. The van der Waals surface area contributed by atoms with Crippen molar-refractivity contribution in [3.05, 3.63) is 65.7 Å². The SMILES string of the molecule is CC(C)c1ccc(CN2C[C@@H](C(=O)Nc3ccccc3)CC2=O)cc1. The first-order chi connectivity index (χ1) is 12.0. The van der Waals surface area contributed by atoms with Crippen molar-refractivity contribution >= 4 is 17.5 Å². The van der Waals surface area contributed by atoms with Crippen LogP contribution in [0.25, 0.3) is 0 Å². The summed E-state index contributed by atoms with van der Waals surface area (Å²) in [5.41, 5.74) is 3.15. The van der Waals surface area contributed by atoms with E-state index in [2.05, 4.69) is 43.4 Å². The van der Waals surface area contributed by atoms with Gasteiger partial charge in [-0.15, -0.1) is 0 Å². The summed E-state index contributed by atoms with van der Waals surface area (Å²) < 4.78 is 0. The molecule has 0 saturated carbocycles. The number of carbonyl (C=O) groups is 2. The van der Waals surface area contributed by atoms with Gasteiger partial charge in [0.25, 0.3) is 0 Å². The summed E-state index contributed by atoms with van der Waals surface area (Å²) in [5.74, 6) is 0.162. The van der Waals surface area contributed by atoms with Crippen molar-refractivity contribution in [3.8, 4) is 0 Å². The van der Waals surface area contributed by atoms with Crippen LogP contribution in [0, 0.1) is 5.92 Å². The number of hydrogen-bond donors (Lipinski definition) is 1. The highest BCUT2D eigenvalue weighted by Gasteiger charge is 2.34. The Kier molecular flexibility index (Phi) is 5.17. The van der Waals surface area contributed by atoms with Crippen molar-refractivity contribution in [3.63, 3.8) is 0 Å². The van der Waals surface area contributed by atoms with E-state index in [1.54, 1.807) is 4.90 Å². The molecule has 0 unspecified atom stereocenters. The summed E-state index contributed by atoms with van der Waals surface area (Å²) in [6.45, 7) is 5.36. The van der Waals surface area contributed by atoms with Gasteiger partial charge in [0.2, 0.25) is 11.8 Å². The Hall–Kier alpha value is -2.62. The second kappa shape index (κ2) is 7.51. The molecule has 3 rings (SSSR count). The van der Waals surface area contributed by atoms with E-state index < -0.39 is 0 Å². The van der Waals surface area contributed by atoms with E-state index in [4.69, 9.17) is 0 Å². The molecular weight excluding hydrogens is 312 g/mol. The molecule has 1 fully saturated rings. The molecule has 0 aromatic heterocycles. The summed E-state index contributed by atoms with van der Waals surface area (Å²) in [6.07, 6.45) is 0.281. The van der Waals surface area contributed by atoms with Gasteiger partial charge in [0.1, 0.15) is 0 Å². The fraction of sp³-hybridized carbons (Fsp3) is 0.333. The molecule has 2 amide bonds.